The number of nitrogens with zero attached hydrogens (tertiary/aromatic N) is 4. The Morgan fingerprint density at radius 3 is 2.46 bits per heavy atom. The molecule has 26 heavy (non-hydrogen) atoms. The molecule has 0 amide bonds. The van der Waals surface area contributed by atoms with Crippen molar-refractivity contribution in [3.8, 4) is 18.2 Å². The number of nitriles is 3. The fraction of sp³-hybridized carbons (Fsp3) is 0.526. The average Bonchev–Trinajstić information content (AvgIpc) is 2.81. The number of rotatable bonds is 1. The van der Waals surface area contributed by atoms with Crippen LogP contribution in [0.3, 0.4) is 0 Å². The number of pyridine rings is 1. The van der Waals surface area contributed by atoms with Crippen molar-refractivity contribution in [2.24, 2.45) is 16.7 Å². The maximum atomic E-state index is 10.2. The van der Waals surface area contributed by atoms with Crippen LogP contribution in [-0.4, -0.2) is 16.7 Å². The lowest BCUT2D eigenvalue weighted by Crippen LogP contribution is -2.59. The molecule has 3 fully saturated rings. The molecule has 1 aromatic heterocycles. The van der Waals surface area contributed by atoms with Crippen molar-refractivity contribution >= 4 is 5.90 Å². The van der Waals surface area contributed by atoms with Crippen molar-refractivity contribution in [2.75, 3.05) is 0 Å². The first-order valence-electron chi connectivity index (χ1n) is 8.70. The van der Waals surface area contributed by atoms with Gasteiger partial charge in [0.15, 0.2) is 5.41 Å². The van der Waals surface area contributed by atoms with E-state index >= 15 is 0 Å². The van der Waals surface area contributed by atoms with Crippen LogP contribution >= 0.6 is 0 Å². The maximum Gasteiger partial charge on any atom is 0.217 e. The van der Waals surface area contributed by atoms with Gasteiger partial charge in [-0.05, 0) is 30.5 Å². The Bertz CT molecular complexity index is 866. The highest BCUT2D eigenvalue weighted by Crippen LogP contribution is 2.68. The third kappa shape index (κ3) is 1.72. The number of hydrogen-bond donors (Lipinski definition) is 1. The van der Waals surface area contributed by atoms with Crippen molar-refractivity contribution in [3.63, 3.8) is 0 Å². The first-order valence-corrected chi connectivity index (χ1v) is 8.70. The average molecular weight is 347 g/mol. The smallest absolute Gasteiger partial charge is 0.217 e. The SMILES string of the molecule is N#CC1(C#N)[C@@H](c2ccncc2)O[C@@]23CCCCC[C@H]2[C@]1(C#N)C(=N)O3. The Labute approximate surface area is 151 Å². The van der Waals surface area contributed by atoms with Crippen LogP contribution in [0.15, 0.2) is 24.5 Å². The van der Waals surface area contributed by atoms with E-state index in [0.29, 0.717) is 18.4 Å². The van der Waals surface area contributed by atoms with Crippen molar-refractivity contribution in [3.05, 3.63) is 30.1 Å². The summed E-state index contributed by atoms with van der Waals surface area (Å²) >= 11 is 0. The molecule has 1 aromatic rings. The minimum Gasteiger partial charge on any atom is -0.447 e. The number of aromatic nitrogens is 1. The third-order valence-electron chi connectivity index (χ3n) is 6.08. The lowest BCUT2D eigenvalue weighted by Gasteiger charge is -2.49. The molecule has 1 N–H and O–H groups in total. The van der Waals surface area contributed by atoms with E-state index in [9.17, 15) is 15.8 Å². The Kier molecular flexibility index (Phi) is 3.51. The fourth-order valence-corrected chi connectivity index (χ4v) is 4.88. The second kappa shape index (κ2) is 5.53. The summed E-state index contributed by atoms with van der Waals surface area (Å²) in [6.07, 6.45) is 5.92. The molecule has 4 atom stereocenters. The van der Waals surface area contributed by atoms with Crippen molar-refractivity contribution in [1.29, 1.82) is 21.2 Å². The van der Waals surface area contributed by atoms with Gasteiger partial charge in [0.05, 0.1) is 24.1 Å². The molecule has 0 unspecified atom stereocenters. The third-order valence-corrected chi connectivity index (χ3v) is 6.08. The molecule has 0 spiro atoms. The first kappa shape index (κ1) is 16.5. The van der Waals surface area contributed by atoms with Crippen LogP contribution in [0, 0.1) is 56.2 Å². The molecule has 130 valence electrons. The molecule has 2 bridgehead atoms. The van der Waals surface area contributed by atoms with E-state index in [0.717, 1.165) is 19.3 Å². The molecule has 4 rings (SSSR count). The lowest BCUT2D eigenvalue weighted by molar-refractivity contribution is -0.284. The summed E-state index contributed by atoms with van der Waals surface area (Å²) in [5.74, 6) is -1.95. The van der Waals surface area contributed by atoms with Gasteiger partial charge in [0.25, 0.3) is 0 Å². The van der Waals surface area contributed by atoms with Gasteiger partial charge in [-0.3, -0.25) is 10.4 Å². The normalized spacial score (nSPS) is 37.2. The Morgan fingerprint density at radius 2 is 1.81 bits per heavy atom. The van der Waals surface area contributed by atoms with Gasteiger partial charge in [0.1, 0.15) is 6.10 Å². The summed E-state index contributed by atoms with van der Waals surface area (Å²) in [5.41, 5.74) is -2.93. The molecule has 7 nitrogen and oxygen atoms in total. The standard InChI is InChI=1S/C19H17N5O2/c20-10-17(11-21)15(13-5-8-24-9-6-13)25-19-7-3-1-2-4-14(19)18(17,12-22)16(23)26-19/h5-6,8-9,14-15,23H,1-4,7H2/t14-,15+,18+,19+/m0/s1. The fourth-order valence-electron chi connectivity index (χ4n) is 4.88. The van der Waals surface area contributed by atoms with Gasteiger partial charge in [0, 0.05) is 18.8 Å². The molecule has 1 aliphatic carbocycles. The van der Waals surface area contributed by atoms with Gasteiger partial charge in [0.2, 0.25) is 17.1 Å². The van der Waals surface area contributed by atoms with Crippen molar-refractivity contribution < 1.29 is 9.47 Å². The maximum absolute atomic E-state index is 10.2. The highest BCUT2D eigenvalue weighted by molar-refractivity contribution is 5.89. The zero-order valence-corrected chi connectivity index (χ0v) is 14.1. The molecule has 2 saturated heterocycles. The molecule has 1 saturated carbocycles. The minimum atomic E-state index is -1.87. The van der Waals surface area contributed by atoms with Gasteiger partial charge in [-0.25, -0.2) is 0 Å². The van der Waals surface area contributed by atoms with Gasteiger partial charge in [-0.1, -0.05) is 12.8 Å². The number of hydrogen-bond acceptors (Lipinski definition) is 7. The highest BCUT2D eigenvalue weighted by atomic mass is 16.7. The van der Waals surface area contributed by atoms with E-state index in [1.165, 1.54) is 0 Å². The molecule has 0 radical (unpaired) electrons. The summed E-state index contributed by atoms with van der Waals surface area (Å²) in [4.78, 5) is 3.98. The molecule has 7 heteroatoms. The Balaban J connectivity index is 2.01. The van der Waals surface area contributed by atoms with E-state index in [-0.39, 0.29) is 5.90 Å². The van der Waals surface area contributed by atoms with E-state index < -0.39 is 28.6 Å². The van der Waals surface area contributed by atoms with Crippen LogP contribution in [0.1, 0.15) is 43.8 Å². The second-order valence-electron chi connectivity index (χ2n) is 7.12. The topological polar surface area (TPSA) is 127 Å². The molecular weight excluding hydrogens is 330 g/mol. The first-order chi connectivity index (χ1) is 12.6. The lowest BCUT2D eigenvalue weighted by atomic mass is 9.52. The van der Waals surface area contributed by atoms with Crippen LogP contribution in [0.5, 0.6) is 0 Å². The van der Waals surface area contributed by atoms with Gasteiger partial charge in [-0.2, -0.15) is 15.8 Å². The van der Waals surface area contributed by atoms with E-state index in [4.69, 9.17) is 14.9 Å². The molecule has 3 aliphatic rings. The van der Waals surface area contributed by atoms with Crippen LogP contribution < -0.4 is 0 Å². The zero-order chi connectivity index (χ0) is 18.4. The summed E-state index contributed by atoms with van der Waals surface area (Å²) in [6.45, 7) is 0. The summed E-state index contributed by atoms with van der Waals surface area (Å²) < 4.78 is 12.2. The summed E-state index contributed by atoms with van der Waals surface area (Å²) in [7, 11) is 0. The highest BCUT2D eigenvalue weighted by Gasteiger charge is 2.80. The van der Waals surface area contributed by atoms with Crippen LogP contribution in [0.2, 0.25) is 0 Å². The summed E-state index contributed by atoms with van der Waals surface area (Å²) in [6, 6.07) is 9.67. The monoisotopic (exact) mass is 347 g/mol. The quantitative estimate of drug-likeness (QED) is 0.832. The predicted octanol–water partition coefficient (Wildman–Crippen LogP) is 2.98. The summed E-state index contributed by atoms with van der Waals surface area (Å²) in [5, 5.41) is 38.8. The van der Waals surface area contributed by atoms with Crippen LogP contribution in [0.4, 0.5) is 0 Å². The van der Waals surface area contributed by atoms with Crippen molar-refractivity contribution in [2.45, 2.75) is 44.0 Å². The van der Waals surface area contributed by atoms with E-state index in [1.807, 2.05) is 0 Å². The number of ether oxygens (including phenoxy) is 2. The Hall–Kier alpha value is -2.95. The van der Waals surface area contributed by atoms with Crippen LogP contribution in [0.25, 0.3) is 0 Å². The number of nitrogens with one attached hydrogen (secondary N) is 1. The van der Waals surface area contributed by atoms with Gasteiger partial charge in [-0.15, -0.1) is 0 Å². The second-order valence-corrected chi connectivity index (χ2v) is 7.12. The van der Waals surface area contributed by atoms with Crippen LogP contribution in [-0.2, 0) is 9.47 Å². The van der Waals surface area contributed by atoms with Gasteiger partial charge < -0.3 is 9.47 Å². The largest absolute Gasteiger partial charge is 0.447 e. The molecule has 2 aliphatic heterocycles. The molecule has 3 heterocycles. The minimum absolute atomic E-state index is 0.313. The molecular formula is C19H17N5O2. The predicted molar refractivity (Wildman–Crippen MR) is 87.9 cm³/mol. The van der Waals surface area contributed by atoms with E-state index in [2.05, 4.69) is 23.2 Å². The Morgan fingerprint density at radius 1 is 1.08 bits per heavy atom. The van der Waals surface area contributed by atoms with E-state index in [1.54, 1.807) is 24.5 Å². The zero-order valence-electron chi connectivity index (χ0n) is 14.1. The van der Waals surface area contributed by atoms with Gasteiger partial charge >= 0.3 is 0 Å². The van der Waals surface area contributed by atoms with Crippen molar-refractivity contribution in [1.82, 2.24) is 4.98 Å². The molecule has 0 aromatic carbocycles.